The normalized spacial score (nSPS) is 41.8. The molecule has 0 bridgehead atoms. The molecule has 0 amide bonds. The maximum absolute atomic E-state index is 9.85. The molecule has 2 aliphatic carbocycles. The number of nitrogens with one attached hydrogen (secondary N) is 1. The number of aliphatic hydroxyl groups is 1. The van der Waals surface area contributed by atoms with Gasteiger partial charge in [0.05, 0.1) is 6.61 Å². The average Bonchev–Trinajstić information content (AvgIpc) is 2.39. The fourth-order valence-electron chi connectivity index (χ4n) is 4.21. The van der Waals surface area contributed by atoms with Crippen molar-refractivity contribution < 1.29 is 5.11 Å². The Morgan fingerprint density at radius 1 is 1.22 bits per heavy atom. The van der Waals surface area contributed by atoms with Gasteiger partial charge in [-0.3, -0.25) is 0 Å². The van der Waals surface area contributed by atoms with Crippen molar-refractivity contribution >= 4 is 0 Å². The predicted molar refractivity (Wildman–Crippen MR) is 76.6 cm³/mol. The predicted octanol–water partition coefficient (Wildman–Crippen LogP) is 3.49. The highest BCUT2D eigenvalue weighted by molar-refractivity contribution is 4.95. The van der Waals surface area contributed by atoms with Gasteiger partial charge >= 0.3 is 0 Å². The summed E-state index contributed by atoms with van der Waals surface area (Å²) in [6.45, 7) is 4.98. The second-order valence-electron chi connectivity index (χ2n) is 6.92. The lowest BCUT2D eigenvalue weighted by atomic mass is 9.75. The van der Waals surface area contributed by atoms with Crippen LogP contribution < -0.4 is 5.32 Å². The Labute approximate surface area is 113 Å². The summed E-state index contributed by atoms with van der Waals surface area (Å²) in [7, 11) is 0. The quantitative estimate of drug-likeness (QED) is 0.804. The molecular formula is C16H31NO. The highest BCUT2D eigenvalue weighted by atomic mass is 16.3. The molecule has 2 N–H and O–H groups in total. The van der Waals surface area contributed by atoms with E-state index in [2.05, 4.69) is 19.2 Å². The molecule has 0 heterocycles. The van der Waals surface area contributed by atoms with E-state index in [1.54, 1.807) is 0 Å². The van der Waals surface area contributed by atoms with Crippen molar-refractivity contribution in [3.05, 3.63) is 0 Å². The molecule has 0 spiro atoms. The minimum absolute atomic E-state index is 0.0396. The first-order valence-corrected chi connectivity index (χ1v) is 8.06. The molecule has 2 saturated carbocycles. The molecular weight excluding hydrogens is 222 g/mol. The zero-order valence-electron chi connectivity index (χ0n) is 12.3. The second-order valence-corrected chi connectivity index (χ2v) is 6.92. The molecule has 2 aliphatic rings. The molecule has 0 aromatic carbocycles. The summed E-state index contributed by atoms with van der Waals surface area (Å²) in [6.07, 6.45) is 11.7. The fraction of sp³-hybridized carbons (Fsp3) is 1.00. The molecule has 0 aromatic heterocycles. The lowest BCUT2D eigenvalue weighted by Gasteiger charge is -2.44. The van der Waals surface area contributed by atoms with Crippen LogP contribution in [0.2, 0.25) is 0 Å². The summed E-state index contributed by atoms with van der Waals surface area (Å²) >= 11 is 0. The molecule has 106 valence electrons. The molecule has 0 saturated heterocycles. The molecule has 0 aromatic rings. The Morgan fingerprint density at radius 2 is 2.06 bits per heavy atom. The third-order valence-electron chi connectivity index (χ3n) is 5.26. The van der Waals surface area contributed by atoms with Crippen LogP contribution in [0.3, 0.4) is 0 Å². The van der Waals surface area contributed by atoms with Crippen molar-refractivity contribution in [2.24, 2.45) is 11.8 Å². The van der Waals surface area contributed by atoms with E-state index in [0.717, 1.165) is 18.3 Å². The van der Waals surface area contributed by atoms with Crippen LogP contribution >= 0.6 is 0 Å². The third-order valence-corrected chi connectivity index (χ3v) is 5.26. The number of rotatable bonds is 4. The van der Waals surface area contributed by atoms with E-state index < -0.39 is 0 Å². The summed E-state index contributed by atoms with van der Waals surface area (Å²) in [5, 5.41) is 13.7. The van der Waals surface area contributed by atoms with Gasteiger partial charge in [-0.25, -0.2) is 0 Å². The Hall–Kier alpha value is -0.0800. The molecule has 2 nitrogen and oxygen atoms in total. The van der Waals surface area contributed by atoms with Gasteiger partial charge < -0.3 is 10.4 Å². The van der Waals surface area contributed by atoms with Gasteiger partial charge in [-0.05, 0) is 37.5 Å². The molecule has 4 atom stereocenters. The van der Waals surface area contributed by atoms with Crippen LogP contribution in [0, 0.1) is 11.8 Å². The Kier molecular flexibility index (Phi) is 5.08. The van der Waals surface area contributed by atoms with Gasteiger partial charge in [0.2, 0.25) is 0 Å². The molecule has 0 radical (unpaired) electrons. The summed E-state index contributed by atoms with van der Waals surface area (Å²) in [5.74, 6) is 1.68. The van der Waals surface area contributed by atoms with Crippen LogP contribution in [-0.4, -0.2) is 23.3 Å². The van der Waals surface area contributed by atoms with Gasteiger partial charge in [0.25, 0.3) is 0 Å². The Balaban J connectivity index is 1.92. The smallest absolute Gasteiger partial charge is 0.0613 e. The number of hydrogen-bond acceptors (Lipinski definition) is 2. The minimum Gasteiger partial charge on any atom is -0.394 e. The van der Waals surface area contributed by atoms with E-state index in [4.69, 9.17) is 0 Å². The van der Waals surface area contributed by atoms with E-state index in [1.165, 1.54) is 51.4 Å². The lowest BCUT2D eigenvalue weighted by molar-refractivity contribution is 0.0773. The first-order valence-electron chi connectivity index (χ1n) is 8.06. The van der Waals surface area contributed by atoms with Gasteiger partial charge in [0.15, 0.2) is 0 Å². The van der Waals surface area contributed by atoms with E-state index in [1.807, 2.05) is 0 Å². The van der Waals surface area contributed by atoms with Gasteiger partial charge in [0.1, 0.15) is 0 Å². The van der Waals surface area contributed by atoms with Gasteiger partial charge in [-0.15, -0.1) is 0 Å². The third kappa shape index (κ3) is 3.48. The van der Waals surface area contributed by atoms with Crippen molar-refractivity contribution in [1.82, 2.24) is 5.32 Å². The maximum atomic E-state index is 9.85. The van der Waals surface area contributed by atoms with Gasteiger partial charge in [-0.1, -0.05) is 46.0 Å². The van der Waals surface area contributed by atoms with Gasteiger partial charge in [0, 0.05) is 11.6 Å². The van der Waals surface area contributed by atoms with E-state index in [9.17, 15) is 5.11 Å². The van der Waals surface area contributed by atoms with Crippen LogP contribution in [0.1, 0.15) is 71.6 Å². The van der Waals surface area contributed by atoms with Crippen molar-refractivity contribution in [2.45, 2.75) is 83.2 Å². The maximum Gasteiger partial charge on any atom is 0.0613 e. The molecule has 2 heteroatoms. The standard InChI is InChI=1S/C16H31NO/c1-3-14-7-4-8-15(10-14)17-16(12-18)9-5-6-13(2)11-16/h13-15,17-18H,3-12H2,1-2H3. The summed E-state index contributed by atoms with van der Waals surface area (Å²) < 4.78 is 0. The average molecular weight is 253 g/mol. The van der Waals surface area contributed by atoms with Crippen molar-refractivity contribution in [3.63, 3.8) is 0 Å². The van der Waals surface area contributed by atoms with E-state index in [-0.39, 0.29) is 5.54 Å². The van der Waals surface area contributed by atoms with Gasteiger partial charge in [-0.2, -0.15) is 0 Å². The first kappa shape index (κ1) is 14.3. The fourth-order valence-corrected chi connectivity index (χ4v) is 4.21. The SMILES string of the molecule is CCC1CCCC(NC2(CO)CCCC(C)C2)C1. The monoisotopic (exact) mass is 253 g/mol. The zero-order chi connectivity index (χ0) is 13.0. The van der Waals surface area contributed by atoms with Crippen molar-refractivity contribution in [3.8, 4) is 0 Å². The molecule has 2 rings (SSSR count). The molecule has 2 fully saturated rings. The molecule has 4 unspecified atom stereocenters. The first-order chi connectivity index (χ1) is 8.67. The minimum atomic E-state index is 0.0396. The molecule has 0 aliphatic heterocycles. The lowest BCUT2D eigenvalue weighted by Crippen LogP contribution is -2.56. The summed E-state index contributed by atoms with van der Waals surface area (Å²) in [5.41, 5.74) is 0.0396. The highest BCUT2D eigenvalue weighted by Gasteiger charge is 2.36. The van der Waals surface area contributed by atoms with E-state index in [0.29, 0.717) is 12.6 Å². The van der Waals surface area contributed by atoms with E-state index >= 15 is 0 Å². The van der Waals surface area contributed by atoms with Crippen LogP contribution in [0.5, 0.6) is 0 Å². The van der Waals surface area contributed by atoms with Crippen molar-refractivity contribution in [2.75, 3.05) is 6.61 Å². The topological polar surface area (TPSA) is 32.3 Å². The Morgan fingerprint density at radius 3 is 2.72 bits per heavy atom. The number of hydrogen-bond donors (Lipinski definition) is 2. The Bertz CT molecular complexity index is 255. The van der Waals surface area contributed by atoms with Crippen LogP contribution in [0.25, 0.3) is 0 Å². The van der Waals surface area contributed by atoms with Crippen LogP contribution in [0.4, 0.5) is 0 Å². The largest absolute Gasteiger partial charge is 0.394 e. The molecule has 18 heavy (non-hydrogen) atoms. The van der Waals surface area contributed by atoms with Crippen LogP contribution in [-0.2, 0) is 0 Å². The summed E-state index contributed by atoms with van der Waals surface area (Å²) in [6, 6.07) is 0.654. The second kappa shape index (κ2) is 6.38. The highest BCUT2D eigenvalue weighted by Crippen LogP contribution is 2.35. The summed E-state index contributed by atoms with van der Waals surface area (Å²) in [4.78, 5) is 0. The van der Waals surface area contributed by atoms with Crippen molar-refractivity contribution in [1.29, 1.82) is 0 Å². The number of aliphatic hydroxyl groups excluding tert-OH is 1. The zero-order valence-corrected chi connectivity index (χ0v) is 12.3. The van der Waals surface area contributed by atoms with Crippen LogP contribution in [0.15, 0.2) is 0 Å².